The second-order valence-electron chi connectivity index (χ2n) is 6.15. The van der Waals surface area contributed by atoms with Gasteiger partial charge in [-0.25, -0.2) is 0 Å². The summed E-state index contributed by atoms with van der Waals surface area (Å²) in [5.74, 6) is 0.0286. The lowest BCUT2D eigenvalue weighted by Gasteiger charge is -2.14. The first-order chi connectivity index (χ1) is 12.0. The summed E-state index contributed by atoms with van der Waals surface area (Å²) in [5, 5.41) is 9.49. The van der Waals surface area contributed by atoms with Crippen LogP contribution < -0.4 is 16.0 Å². The highest BCUT2D eigenvalue weighted by atomic mass is 35.5. The van der Waals surface area contributed by atoms with Gasteiger partial charge in [0.1, 0.15) is 0 Å². The van der Waals surface area contributed by atoms with Crippen molar-refractivity contribution in [2.24, 2.45) is 5.92 Å². The molecule has 1 fully saturated rings. The number of benzene rings is 2. The van der Waals surface area contributed by atoms with Gasteiger partial charge in [0.2, 0.25) is 11.8 Å². The first-order valence-electron chi connectivity index (χ1n) is 8.22. The summed E-state index contributed by atoms with van der Waals surface area (Å²) >= 11 is 5.84. The molecule has 3 N–H and O–H groups in total. The second-order valence-corrected chi connectivity index (χ2v) is 6.59. The molecule has 25 heavy (non-hydrogen) atoms. The molecule has 0 heterocycles. The van der Waals surface area contributed by atoms with Crippen LogP contribution in [0.5, 0.6) is 0 Å². The molecule has 0 aromatic heterocycles. The van der Waals surface area contributed by atoms with Gasteiger partial charge in [0.05, 0.1) is 6.54 Å². The molecule has 2 amide bonds. The maximum absolute atomic E-state index is 12.2. The summed E-state index contributed by atoms with van der Waals surface area (Å²) in [6, 6.07) is 12.6. The topological polar surface area (TPSA) is 70.2 Å². The second kappa shape index (κ2) is 7.57. The molecule has 0 atom stereocenters. The lowest BCUT2D eigenvalue weighted by Crippen LogP contribution is -2.22. The molecule has 0 bridgehead atoms. The van der Waals surface area contributed by atoms with Crippen molar-refractivity contribution in [2.45, 2.75) is 19.8 Å². The Kier molecular flexibility index (Phi) is 5.24. The molecule has 0 saturated heterocycles. The number of carbonyl (C=O) groups is 2. The van der Waals surface area contributed by atoms with Gasteiger partial charge in [-0.05, 0) is 61.7 Å². The van der Waals surface area contributed by atoms with E-state index in [1.807, 2.05) is 37.3 Å². The van der Waals surface area contributed by atoms with Crippen LogP contribution in [0, 0.1) is 12.8 Å². The van der Waals surface area contributed by atoms with Gasteiger partial charge in [-0.2, -0.15) is 0 Å². The largest absolute Gasteiger partial charge is 0.376 e. The molecule has 1 saturated carbocycles. The summed E-state index contributed by atoms with van der Waals surface area (Å²) in [7, 11) is 0. The van der Waals surface area contributed by atoms with E-state index < -0.39 is 0 Å². The average molecular weight is 358 g/mol. The maximum atomic E-state index is 12.2. The molecule has 1 aliphatic rings. The van der Waals surface area contributed by atoms with Gasteiger partial charge in [0, 0.05) is 28.0 Å². The van der Waals surface area contributed by atoms with E-state index in [9.17, 15) is 9.59 Å². The van der Waals surface area contributed by atoms with Crippen molar-refractivity contribution in [3.05, 3.63) is 53.1 Å². The van der Waals surface area contributed by atoms with Crippen LogP contribution >= 0.6 is 11.6 Å². The fourth-order valence-corrected chi connectivity index (χ4v) is 2.56. The van der Waals surface area contributed by atoms with Crippen molar-refractivity contribution in [1.82, 2.24) is 0 Å². The summed E-state index contributed by atoms with van der Waals surface area (Å²) in [6.07, 6.45) is 1.91. The number of hydrogen-bond donors (Lipinski definition) is 3. The highest BCUT2D eigenvalue weighted by Gasteiger charge is 2.29. The van der Waals surface area contributed by atoms with Crippen LogP contribution in [0.4, 0.5) is 17.1 Å². The van der Waals surface area contributed by atoms with Gasteiger partial charge < -0.3 is 16.0 Å². The predicted molar refractivity (Wildman–Crippen MR) is 101 cm³/mol. The molecule has 0 spiro atoms. The Hall–Kier alpha value is -2.53. The van der Waals surface area contributed by atoms with E-state index in [4.69, 9.17) is 11.6 Å². The van der Waals surface area contributed by atoms with Crippen molar-refractivity contribution in [3.8, 4) is 0 Å². The van der Waals surface area contributed by atoms with E-state index in [0.29, 0.717) is 10.7 Å². The van der Waals surface area contributed by atoms with Crippen molar-refractivity contribution >= 4 is 40.5 Å². The first-order valence-corrected chi connectivity index (χ1v) is 8.60. The smallest absolute Gasteiger partial charge is 0.243 e. The summed E-state index contributed by atoms with van der Waals surface area (Å²) in [6.45, 7) is 2.02. The van der Waals surface area contributed by atoms with E-state index >= 15 is 0 Å². The van der Waals surface area contributed by atoms with Crippen molar-refractivity contribution in [2.75, 3.05) is 22.5 Å². The number of halogens is 1. The van der Waals surface area contributed by atoms with Crippen LogP contribution in [0.3, 0.4) is 0 Å². The minimum absolute atomic E-state index is 0.0518. The zero-order valence-corrected chi connectivity index (χ0v) is 14.7. The third kappa shape index (κ3) is 4.73. The molecular weight excluding hydrogens is 338 g/mol. The number of carbonyl (C=O) groups excluding carboxylic acids is 2. The van der Waals surface area contributed by atoms with Crippen LogP contribution in [0.2, 0.25) is 5.02 Å². The Balaban J connectivity index is 1.58. The van der Waals surface area contributed by atoms with Gasteiger partial charge in [-0.15, -0.1) is 0 Å². The molecule has 1 aliphatic carbocycles. The van der Waals surface area contributed by atoms with Crippen LogP contribution in [0.25, 0.3) is 0 Å². The number of hydrogen-bond acceptors (Lipinski definition) is 3. The van der Waals surface area contributed by atoms with E-state index in [1.165, 1.54) is 0 Å². The molecule has 0 radical (unpaired) electrons. The Morgan fingerprint density at radius 1 is 1.04 bits per heavy atom. The van der Waals surface area contributed by atoms with Gasteiger partial charge in [0.25, 0.3) is 0 Å². The first kappa shape index (κ1) is 17.3. The zero-order chi connectivity index (χ0) is 17.8. The molecular formula is C19H20ClN3O2. The van der Waals surface area contributed by atoms with Crippen molar-refractivity contribution in [1.29, 1.82) is 0 Å². The van der Waals surface area contributed by atoms with Gasteiger partial charge in [-0.1, -0.05) is 17.7 Å². The molecule has 3 rings (SSSR count). The summed E-state index contributed by atoms with van der Waals surface area (Å²) < 4.78 is 0. The molecule has 0 unspecified atom stereocenters. The predicted octanol–water partition coefficient (Wildman–Crippen LogP) is 4.05. The minimum atomic E-state index is -0.163. The van der Waals surface area contributed by atoms with Crippen LogP contribution in [0.15, 0.2) is 42.5 Å². The van der Waals surface area contributed by atoms with Crippen molar-refractivity contribution < 1.29 is 9.59 Å². The van der Waals surface area contributed by atoms with Crippen molar-refractivity contribution in [3.63, 3.8) is 0 Å². The Bertz CT molecular complexity index is 786. The number of nitrogens with one attached hydrogen (secondary N) is 3. The summed E-state index contributed by atoms with van der Waals surface area (Å²) in [4.78, 5) is 24.1. The van der Waals surface area contributed by atoms with Crippen LogP contribution in [-0.4, -0.2) is 18.4 Å². The quantitative estimate of drug-likeness (QED) is 0.730. The fourth-order valence-electron chi connectivity index (χ4n) is 2.43. The Morgan fingerprint density at radius 2 is 1.68 bits per heavy atom. The monoisotopic (exact) mass is 357 g/mol. The standard InChI is InChI=1S/C19H20ClN3O2/c1-12-16(3-2-4-17(12)23-19(25)13-5-6-13)22-18(24)11-21-15-9-7-14(20)8-10-15/h2-4,7-10,13,21H,5-6,11H2,1H3,(H,22,24)(H,23,25). The fraction of sp³-hybridized carbons (Fsp3) is 0.263. The highest BCUT2D eigenvalue weighted by molar-refractivity contribution is 6.30. The lowest BCUT2D eigenvalue weighted by atomic mass is 10.1. The highest BCUT2D eigenvalue weighted by Crippen LogP contribution is 2.31. The molecule has 6 heteroatoms. The van der Waals surface area contributed by atoms with E-state index in [0.717, 1.165) is 29.8 Å². The maximum Gasteiger partial charge on any atom is 0.243 e. The average Bonchev–Trinajstić information content (AvgIpc) is 3.43. The summed E-state index contributed by atoms with van der Waals surface area (Å²) in [5.41, 5.74) is 3.09. The third-order valence-electron chi connectivity index (χ3n) is 4.11. The van der Waals surface area contributed by atoms with E-state index in [-0.39, 0.29) is 24.3 Å². The molecule has 2 aromatic rings. The van der Waals surface area contributed by atoms with Crippen LogP contribution in [0.1, 0.15) is 18.4 Å². The number of anilines is 3. The van der Waals surface area contributed by atoms with Gasteiger partial charge in [0.15, 0.2) is 0 Å². The Labute approximate surface area is 151 Å². The third-order valence-corrected chi connectivity index (χ3v) is 4.36. The number of amides is 2. The normalized spacial score (nSPS) is 13.2. The molecule has 2 aromatic carbocycles. The number of rotatable bonds is 6. The zero-order valence-electron chi connectivity index (χ0n) is 13.9. The van der Waals surface area contributed by atoms with Gasteiger partial charge >= 0.3 is 0 Å². The van der Waals surface area contributed by atoms with E-state index in [1.54, 1.807) is 12.1 Å². The van der Waals surface area contributed by atoms with Gasteiger partial charge in [-0.3, -0.25) is 9.59 Å². The molecule has 0 aliphatic heterocycles. The SMILES string of the molecule is Cc1c(NC(=O)CNc2ccc(Cl)cc2)cccc1NC(=O)C1CC1. The van der Waals surface area contributed by atoms with Crippen LogP contribution in [-0.2, 0) is 9.59 Å². The lowest BCUT2D eigenvalue weighted by molar-refractivity contribution is -0.117. The Morgan fingerprint density at radius 3 is 2.32 bits per heavy atom. The molecule has 5 nitrogen and oxygen atoms in total. The molecule has 130 valence electrons. The van der Waals surface area contributed by atoms with E-state index in [2.05, 4.69) is 16.0 Å². The minimum Gasteiger partial charge on any atom is -0.376 e.